The zero-order valence-corrected chi connectivity index (χ0v) is 13.5. The quantitative estimate of drug-likeness (QED) is 0.724. The molecular formula is C15H18ClFN2S. The molecule has 1 saturated carbocycles. The van der Waals surface area contributed by atoms with Crippen LogP contribution in [0.15, 0.2) is 17.3 Å². The predicted molar refractivity (Wildman–Crippen MR) is 83.2 cm³/mol. The summed E-state index contributed by atoms with van der Waals surface area (Å²) in [7, 11) is 0. The topological polar surface area (TPSA) is 17.8 Å². The van der Waals surface area contributed by atoms with E-state index in [1.165, 1.54) is 12.5 Å². The molecule has 20 heavy (non-hydrogen) atoms. The minimum absolute atomic E-state index is 0.106. The molecule has 1 aromatic heterocycles. The normalized spacial score (nSPS) is 25.5. The molecule has 1 aliphatic rings. The summed E-state index contributed by atoms with van der Waals surface area (Å²) in [6, 6.07) is 3.34. The molecule has 2 unspecified atom stereocenters. The van der Waals surface area contributed by atoms with Gasteiger partial charge in [-0.25, -0.2) is 9.37 Å². The Kier molecular flexibility index (Phi) is 3.29. The van der Waals surface area contributed by atoms with Crippen LogP contribution in [0, 0.1) is 17.2 Å². The number of hydrogen-bond acceptors (Lipinski definition) is 2. The number of fused-ring (bicyclic) bond motifs is 1. The Morgan fingerprint density at radius 1 is 1.40 bits per heavy atom. The second-order valence-corrected chi connectivity index (χ2v) is 7.16. The van der Waals surface area contributed by atoms with Crippen LogP contribution < -0.4 is 0 Å². The first kappa shape index (κ1) is 14.2. The summed E-state index contributed by atoms with van der Waals surface area (Å²) in [5.41, 5.74) is 1.63. The second-order valence-electron chi connectivity index (χ2n) is 6.35. The molecule has 108 valence electrons. The summed E-state index contributed by atoms with van der Waals surface area (Å²) in [5, 5.41) is 0.739. The highest BCUT2D eigenvalue weighted by atomic mass is 35.5. The first-order chi connectivity index (χ1) is 9.32. The Hall–Kier alpha value is -0.740. The number of imidazole rings is 1. The fraction of sp³-hybridized carbons (Fsp3) is 0.533. The number of aromatic nitrogens is 2. The van der Waals surface area contributed by atoms with Gasteiger partial charge in [0.2, 0.25) is 0 Å². The zero-order valence-electron chi connectivity index (χ0n) is 11.8. The summed E-state index contributed by atoms with van der Waals surface area (Å²) in [6.07, 6.45) is 2.23. The maximum absolute atomic E-state index is 13.8. The van der Waals surface area contributed by atoms with Gasteiger partial charge < -0.3 is 4.57 Å². The van der Waals surface area contributed by atoms with Crippen molar-refractivity contribution in [2.45, 2.75) is 44.8 Å². The second kappa shape index (κ2) is 4.63. The molecule has 0 aliphatic heterocycles. The van der Waals surface area contributed by atoms with E-state index in [-0.39, 0.29) is 16.5 Å². The van der Waals surface area contributed by atoms with Crippen LogP contribution in [0.3, 0.4) is 0 Å². The van der Waals surface area contributed by atoms with Crippen LogP contribution in [0.1, 0.15) is 39.7 Å². The van der Waals surface area contributed by atoms with Crippen molar-refractivity contribution < 1.29 is 4.39 Å². The van der Waals surface area contributed by atoms with Gasteiger partial charge in [0.05, 0.1) is 16.1 Å². The van der Waals surface area contributed by atoms with Crippen LogP contribution in [0.25, 0.3) is 11.0 Å². The predicted octanol–water partition coefficient (Wildman–Crippen LogP) is 5.11. The molecule has 0 saturated heterocycles. The summed E-state index contributed by atoms with van der Waals surface area (Å²) < 4.78 is 15.9. The van der Waals surface area contributed by atoms with Gasteiger partial charge in [-0.2, -0.15) is 0 Å². The Morgan fingerprint density at radius 3 is 2.70 bits per heavy atom. The van der Waals surface area contributed by atoms with Crippen molar-refractivity contribution in [1.82, 2.24) is 9.55 Å². The van der Waals surface area contributed by atoms with E-state index >= 15 is 0 Å². The molecule has 1 fully saturated rings. The number of thiol groups is 1. The lowest BCUT2D eigenvalue weighted by atomic mass is 9.80. The molecule has 2 nitrogen and oxygen atoms in total. The van der Waals surface area contributed by atoms with E-state index < -0.39 is 5.82 Å². The van der Waals surface area contributed by atoms with Crippen molar-refractivity contribution in [3.63, 3.8) is 0 Å². The smallest absolute Gasteiger partial charge is 0.166 e. The van der Waals surface area contributed by atoms with Crippen LogP contribution >= 0.6 is 24.2 Å². The number of hydrogen-bond donors (Lipinski definition) is 1. The number of rotatable bonds is 1. The summed E-state index contributed by atoms with van der Waals surface area (Å²) in [4.78, 5) is 4.43. The monoisotopic (exact) mass is 312 g/mol. The number of benzene rings is 1. The fourth-order valence-electron chi connectivity index (χ4n) is 3.33. The summed E-state index contributed by atoms with van der Waals surface area (Å²) in [6.45, 7) is 6.80. The highest BCUT2D eigenvalue weighted by molar-refractivity contribution is 7.80. The maximum atomic E-state index is 13.8. The molecule has 0 bridgehead atoms. The molecule has 1 aliphatic carbocycles. The van der Waals surface area contributed by atoms with Crippen LogP contribution in [0.5, 0.6) is 0 Å². The molecule has 0 radical (unpaired) electrons. The van der Waals surface area contributed by atoms with Crippen molar-refractivity contribution in [1.29, 1.82) is 0 Å². The van der Waals surface area contributed by atoms with Gasteiger partial charge in [-0.05, 0) is 30.2 Å². The lowest BCUT2D eigenvalue weighted by Crippen LogP contribution is -2.26. The first-order valence-electron chi connectivity index (χ1n) is 6.88. The molecule has 0 amide bonds. The van der Waals surface area contributed by atoms with E-state index in [9.17, 15) is 4.39 Å². The van der Waals surface area contributed by atoms with Crippen LogP contribution in [-0.4, -0.2) is 9.55 Å². The Balaban J connectivity index is 2.22. The first-order valence-corrected chi connectivity index (χ1v) is 7.71. The average Bonchev–Trinajstić information content (AvgIpc) is 2.79. The van der Waals surface area contributed by atoms with E-state index in [1.807, 2.05) is 0 Å². The average molecular weight is 313 g/mol. The molecule has 5 heteroatoms. The lowest BCUT2D eigenvalue weighted by Gasteiger charge is -2.33. The third-order valence-electron chi connectivity index (χ3n) is 5.03. The van der Waals surface area contributed by atoms with E-state index in [2.05, 4.69) is 43.0 Å². The van der Waals surface area contributed by atoms with Gasteiger partial charge in [-0.1, -0.05) is 32.4 Å². The molecule has 2 atom stereocenters. The van der Waals surface area contributed by atoms with Crippen molar-refractivity contribution in [2.24, 2.45) is 11.3 Å². The number of halogens is 2. The Bertz CT molecular complexity index is 680. The van der Waals surface area contributed by atoms with E-state index in [1.54, 1.807) is 6.07 Å². The minimum Gasteiger partial charge on any atom is -0.315 e. The molecular weight excluding hydrogens is 295 g/mol. The SMILES string of the molecule is CC1CCC(n2c(S)nc3cc(Cl)c(F)cc32)C1(C)C. The summed E-state index contributed by atoms with van der Waals surface area (Å²) >= 11 is 10.3. The van der Waals surface area contributed by atoms with Gasteiger partial charge >= 0.3 is 0 Å². The molecule has 2 aromatic rings. The van der Waals surface area contributed by atoms with Crippen LogP contribution in [0.4, 0.5) is 4.39 Å². The van der Waals surface area contributed by atoms with E-state index in [0.29, 0.717) is 16.6 Å². The standard InChI is InChI=1S/C15H18ClFN2S/c1-8-4-5-13(15(8,2)3)19-12-7-10(17)9(16)6-11(12)18-14(19)20/h6-8,13H,4-5H2,1-3H3,(H,18,20). The van der Waals surface area contributed by atoms with Gasteiger partial charge in [0, 0.05) is 12.1 Å². The van der Waals surface area contributed by atoms with Crippen LogP contribution in [-0.2, 0) is 0 Å². The third-order valence-corrected chi connectivity index (χ3v) is 5.63. The summed E-state index contributed by atoms with van der Waals surface area (Å²) in [5.74, 6) is 0.215. The van der Waals surface area contributed by atoms with Gasteiger partial charge in [0.1, 0.15) is 5.82 Å². The van der Waals surface area contributed by atoms with Gasteiger partial charge in [0.25, 0.3) is 0 Å². The zero-order chi connectivity index (χ0) is 14.7. The maximum Gasteiger partial charge on any atom is 0.166 e. The molecule has 1 heterocycles. The van der Waals surface area contributed by atoms with Crippen LogP contribution in [0.2, 0.25) is 5.02 Å². The third kappa shape index (κ3) is 1.96. The molecule has 0 spiro atoms. The fourth-order valence-corrected chi connectivity index (χ4v) is 3.84. The highest BCUT2D eigenvalue weighted by Gasteiger charge is 2.42. The highest BCUT2D eigenvalue weighted by Crippen LogP contribution is 2.51. The van der Waals surface area contributed by atoms with Gasteiger partial charge in [-0.15, -0.1) is 12.6 Å². The number of nitrogens with zero attached hydrogens (tertiary/aromatic N) is 2. The lowest BCUT2D eigenvalue weighted by molar-refractivity contribution is 0.197. The van der Waals surface area contributed by atoms with Crippen molar-refractivity contribution in [3.8, 4) is 0 Å². The van der Waals surface area contributed by atoms with Gasteiger partial charge in [-0.3, -0.25) is 0 Å². The molecule has 0 N–H and O–H groups in total. The van der Waals surface area contributed by atoms with Crippen molar-refractivity contribution in [3.05, 3.63) is 23.0 Å². The molecule has 1 aromatic carbocycles. The van der Waals surface area contributed by atoms with Gasteiger partial charge in [0.15, 0.2) is 5.16 Å². The Morgan fingerprint density at radius 2 is 2.10 bits per heavy atom. The van der Waals surface area contributed by atoms with Crippen molar-refractivity contribution >= 4 is 35.3 Å². The molecule has 3 rings (SSSR count). The van der Waals surface area contributed by atoms with E-state index in [0.717, 1.165) is 11.9 Å². The van der Waals surface area contributed by atoms with E-state index in [4.69, 9.17) is 11.6 Å². The largest absolute Gasteiger partial charge is 0.315 e. The van der Waals surface area contributed by atoms with Crippen molar-refractivity contribution in [2.75, 3.05) is 0 Å². The Labute approximate surface area is 128 Å². The minimum atomic E-state index is -0.405.